The van der Waals surface area contributed by atoms with Gasteiger partial charge in [-0.25, -0.2) is 4.79 Å². The van der Waals surface area contributed by atoms with E-state index in [9.17, 15) is 9.59 Å². The molecule has 0 atom stereocenters. The fourth-order valence-electron chi connectivity index (χ4n) is 2.56. The Labute approximate surface area is 124 Å². The molecule has 1 aromatic heterocycles. The molecule has 0 aliphatic heterocycles. The average Bonchev–Trinajstić information content (AvgIpc) is 2.42. The highest BCUT2D eigenvalue weighted by Crippen LogP contribution is 2.09. The molecule has 5 heteroatoms. The van der Waals surface area contributed by atoms with Crippen LogP contribution in [-0.4, -0.2) is 34.7 Å². The van der Waals surface area contributed by atoms with Crippen LogP contribution in [0.4, 0.5) is 0 Å². The van der Waals surface area contributed by atoms with Gasteiger partial charge in [0.15, 0.2) is 0 Å². The van der Waals surface area contributed by atoms with Crippen LogP contribution in [0.3, 0.4) is 0 Å². The standard InChI is InChI=1S/C16H23N3O2/c1-12(2)19-15(20)13-8-5-6-9-14(13)18(16(19)21)11-7-10-17(3)4/h5-6,8-9,12H,7,10-11H2,1-4H3. The fourth-order valence-corrected chi connectivity index (χ4v) is 2.56. The Morgan fingerprint density at radius 3 is 2.43 bits per heavy atom. The van der Waals surface area contributed by atoms with Crippen molar-refractivity contribution < 1.29 is 0 Å². The van der Waals surface area contributed by atoms with Gasteiger partial charge >= 0.3 is 5.69 Å². The van der Waals surface area contributed by atoms with Crippen molar-refractivity contribution in [2.24, 2.45) is 0 Å². The molecule has 114 valence electrons. The van der Waals surface area contributed by atoms with Crippen molar-refractivity contribution >= 4 is 10.9 Å². The smallest absolute Gasteiger partial charge is 0.309 e. The Kier molecular flexibility index (Phi) is 4.63. The Morgan fingerprint density at radius 1 is 1.14 bits per heavy atom. The molecule has 2 rings (SSSR count). The molecule has 0 N–H and O–H groups in total. The molecule has 0 bridgehead atoms. The zero-order valence-corrected chi connectivity index (χ0v) is 13.2. The van der Waals surface area contributed by atoms with Gasteiger partial charge < -0.3 is 4.90 Å². The van der Waals surface area contributed by atoms with Gasteiger partial charge in [-0.2, -0.15) is 0 Å². The van der Waals surface area contributed by atoms with Gasteiger partial charge in [0.1, 0.15) is 0 Å². The van der Waals surface area contributed by atoms with Crippen LogP contribution < -0.4 is 11.2 Å². The second-order valence-electron chi connectivity index (χ2n) is 5.88. The van der Waals surface area contributed by atoms with Crippen LogP contribution in [0.5, 0.6) is 0 Å². The lowest BCUT2D eigenvalue weighted by Crippen LogP contribution is -2.41. The van der Waals surface area contributed by atoms with Gasteiger partial charge in [0.2, 0.25) is 0 Å². The molecule has 0 saturated heterocycles. The number of fused-ring (bicyclic) bond motifs is 1. The molecule has 0 saturated carbocycles. The lowest BCUT2D eigenvalue weighted by molar-refractivity contribution is 0.382. The molecule has 0 fully saturated rings. The average molecular weight is 289 g/mol. The van der Waals surface area contributed by atoms with E-state index in [1.54, 1.807) is 10.6 Å². The van der Waals surface area contributed by atoms with Crippen LogP contribution in [0.25, 0.3) is 10.9 Å². The number of benzene rings is 1. The molecular formula is C16H23N3O2. The van der Waals surface area contributed by atoms with Gasteiger partial charge in [-0.3, -0.25) is 13.9 Å². The predicted octanol–water partition coefficient (Wildman–Crippen LogP) is 1.70. The summed E-state index contributed by atoms with van der Waals surface area (Å²) >= 11 is 0. The Morgan fingerprint density at radius 2 is 1.81 bits per heavy atom. The summed E-state index contributed by atoms with van der Waals surface area (Å²) in [6.07, 6.45) is 0.868. The zero-order chi connectivity index (χ0) is 15.6. The van der Waals surface area contributed by atoms with E-state index in [1.807, 2.05) is 46.1 Å². The predicted molar refractivity (Wildman–Crippen MR) is 86.0 cm³/mol. The maximum Gasteiger partial charge on any atom is 0.331 e. The normalized spacial score (nSPS) is 11.7. The summed E-state index contributed by atoms with van der Waals surface area (Å²) in [7, 11) is 4.02. The molecule has 0 amide bonds. The Bertz CT molecular complexity index is 741. The van der Waals surface area contributed by atoms with E-state index in [2.05, 4.69) is 4.90 Å². The van der Waals surface area contributed by atoms with Crippen LogP contribution in [0.2, 0.25) is 0 Å². The number of hydrogen-bond donors (Lipinski definition) is 0. The molecule has 0 aliphatic rings. The van der Waals surface area contributed by atoms with Crippen molar-refractivity contribution in [2.75, 3.05) is 20.6 Å². The molecule has 1 heterocycles. The van der Waals surface area contributed by atoms with Gasteiger partial charge in [-0.15, -0.1) is 0 Å². The number of hydrogen-bond acceptors (Lipinski definition) is 3. The highest BCUT2D eigenvalue weighted by Gasteiger charge is 2.14. The van der Waals surface area contributed by atoms with E-state index in [1.165, 1.54) is 4.57 Å². The van der Waals surface area contributed by atoms with Crippen LogP contribution in [0.1, 0.15) is 26.3 Å². The Balaban J connectivity index is 2.62. The third-order valence-electron chi connectivity index (χ3n) is 3.58. The molecule has 0 aliphatic carbocycles. The van der Waals surface area contributed by atoms with Crippen LogP contribution in [-0.2, 0) is 6.54 Å². The summed E-state index contributed by atoms with van der Waals surface area (Å²) in [5.41, 5.74) is 0.310. The van der Waals surface area contributed by atoms with Crippen molar-refractivity contribution in [3.05, 3.63) is 45.1 Å². The van der Waals surface area contributed by atoms with Crippen molar-refractivity contribution in [3.8, 4) is 0 Å². The summed E-state index contributed by atoms with van der Waals surface area (Å²) in [6, 6.07) is 7.19. The highest BCUT2D eigenvalue weighted by atomic mass is 16.2. The van der Waals surface area contributed by atoms with Gasteiger partial charge in [0.25, 0.3) is 5.56 Å². The molecule has 0 unspecified atom stereocenters. The van der Waals surface area contributed by atoms with Gasteiger partial charge in [0.05, 0.1) is 10.9 Å². The first-order chi connectivity index (χ1) is 9.93. The van der Waals surface area contributed by atoms with Gasteiger partial charge in [0, 0.05) is 12.6 Å². The summed E-state index contributed by atoms with van der Waals surface area (Å²) in [5.74, 6) is 0. The maximum atomic E-state index is 12.6. The summed E-state index contributed by atoms with van der Waals surface area (Å²) in [4.78, 5) is 27.2. The first-order valence-corrected chi connectivity index (χ1v) is 7.32. The maximum absolute atomic E-state index is 12.6. The minimum absolute atomic E-state index is 0.144. The molecule has 0 radical (unpaired) electrons. The van der Waals surface area contributed by atoms with Crippen molar-refractivity contribution in [3.63, 3.8) is 0 Å². The number of para-hydroxylation sites is 1. The molecular weight excluding hydrogens is 266 g/mol. The second-order valence-corrected chi connectivity index (χ2v) is 5.88. The van der Waals surface area contributed by atoms with E-state index < -0.39 is 0 Å². The van der Waals surface area contributed by atoms with Crippen molar-refractivity contribution in [2.45, 2.75) is 32.9 Å². The molecule has 2 aromatic rings. The first kappa shape index (κ1) is 15.5. The topological polar surface area (TPSA) is 47.2 Å². The first-order valence-electron chi connectivity index (χ1n) is 7.32. The third-order valence-corrected chi connectivity index (χ3v) is 3.58. The summed E-state index contributed by atoms with van der Waals surface area (Å²) < 4.78 is 3.07. The monoisotopic (exact) mass is 289 g/mol. The van der Waals surface area contributed by atoms with Gasteiger partial charge in [-0.1, -0.05) is 12.1 Å². The largest absolute Gasteiger partial charge is 0.331 e. The van der Waals surface area contributed by atoms with Crippen LogP contribution in [0, 0.1) is 0 Å². The molecule has 21 heavy (non-hydrogen) atoms. The highest BCUT2D eigenvalue weighted by molar-refractivity contribution is 5.77. The molecule has 1 aromatic carbocycles. The Hall–Kier alpha value is -1.88. The number of rotatable bonds is 5. The SMILES string of the molecule is CC(C)n1c(=O)c2ccccc2n(CCCN(C)C)c1=O. The van der Waals surface area contributed by atoms with Crippen LogP contribution in [0.15, 0.2) is 33.9 Å². The van der Waals surface area contributed by atoms with Crippen molar-refractivity contribution in [1.29, 1.82) is 0 Å². The van der Waals surface area contributed by atoms with Gasteiger partial charge in [-0.05, 0) is 53.0 Å². The van der Waals surface area contributed by atoms with E-state index in [4.69, 9.17) is 0 Å². The number of aryl methyl sites for hydroxylation is 1. The van der Waals surface area contributed by atoms with Crippen molar-refractivity contribution in [1.82, 2.24) is 14.0 Å². The molecule has 5 nitrogen and oxygen atoms in total. The van der Waals surface area contributed by atoms with E-state index in [0.29, 0.717) is 11.9 Å². The third kappa shape index (κ3) is 3.08. The second kappa shape index (κ2) is 6.26. The van der Waals surface area contributed by atoms with E-state index in [-0.39, 0.29) is 17.3 Å². The minimum atomic E-state index is -0.215. The van der Waals surface area contributed by atoms with Crippen LogP contribution >= 0.6 is 0 Å². The molecule has 0 spiro atoms. The lowest BCUT2D eigenvalue weighted by atomic mass is 10.2. The number of nitrogens with zero attached hydrogens (tertiary/aromatic N) is 3. The summed E-state index contributed by atoms with van der Waals surface area (Å²) in [6.45, 7) is 5.25. The minimum Gasteiger partial charge on any atom is -0.309 e. The van der Waals surface area contributed by atoms with E-state index in [0.717, 1.165) is 18.5 Å². The quantitative estimate of drug-likeness (QED) is 0.841. The fraction of sp³-hybridized carbons (Fsp3) is 0.500. The van der Waals surface area contributed by atoms with E-state index >= 15 is 0 Å². The lowest BCUT2D eigenvalue weighted by Gasteiger charge is -2.17. The zero-order valence-electron chi connectivity index (χ0n) is 13.2. The summed E-state index contributed by atoms with van der Waals surface area (Å²) in [5, 5.41) is 0.607. The number of aromatic nitrogens is 2.